The zero-order valence-corrected chi connectivity index (χ0v) is 14.1. The van der Waals surface area contributed by atoms with Gasteiger partial charge in [0.05, 0.1) is 34.9 Å². The standard InChI is InChI=1S/C18H20O6/c1-20-13-9-8-12(10-16(13)23-4)11-17(19)24-18-14(21-2)6-5-7-15(18)22-3/h5-10H,11H2,1-4H3. The number of benzene rings is 2. The zero-order chi connectivity index (χ0) is 17.5. The number of para-hydroxylation sites is 1. The van der Waals surface area contributed by atoms with Gasteiger partial charge in [0.1, 0.15) is 0 Å². The lowest BCUT2D eigenvalue weighted by molar-refractivity contribution is -0.133. The summed E-state index contributed by atoms with van der Waals surface area (Å²) in [5, 5.41) is 0. The first kappa shape index (κ1) is 17.5. The average Bonchev–Trinajstić information content (AvgIpc) is 2.61. The van der Waals surface area contributed by atoms with E-state index in [1.54, 1.807) is 50.6 Å². The third-order valence-electron chi connectivity index (χ3n) is 3.39. The SMILES string of the molecule is COc1ccc(CC(=O)Oc2c(OC)cccc2OC)cc1OC. The number of hydrogen-bond acceptors (Lipinski definition) is 6. The Hall–Kier alpha value is -2.89. The topological polar surface area (TPSA) is 63.2 Å². The summed E-state index contributed by atoms with van der Waals surface area (Å²) < 4.78 is 26.3. The maximum absolute atomic E-state index is 12.3. The lowest BCUT2D eigenvalue weighted by atomic mass is 10.1. The Labute approximate surface area is 140 Å². The van der Waals surface area contributed by atoms with E-state index < -0.39 is 5.97 Å². The molecule has 0 fully saturated rings. The van der Waals surface area contributed by atoms with Crippen molar-refractivity contribution in [3.63, 3.8) is 0 Å². The van der Waals surface area contributed by atoms with Crippen molar-refractivity contribution in [2.24, 2.45) is 0 Å². The summed E-state index contributed by atoms with van der Waals surface area (Å²) in [4.78, 5) is 12.3. The van der Waals surface area contributed by atoms with Gasteiger partial charge in [0.25, 0.3) is 0 Å². The number of rotatable bonds is 7. The van der Waals surface area contributed by atoms with E-state index in [2.05, 4.69) is 0 Å². The summed E-state index contributed by atoms with van der Waals surface area (Å²) in [6.45, 7) is 0. The van der Waals surface area contributed by atoms with Crippen LogP contribution < -0.4 is 23.7 Å². The minimum absolute atomic E-state index is 0.0710. The van der Waals surface area contributed by atoms with Crippen molar-refractivity contribution in [1.82, 2.24) is 0 Å². The van der Waals surface area contributed by atoms with Crippen molar-refractivity contribution < 1.29 is 28.5 Å². The van der Waals surface area contributed by atoms with Crippen LogP contribution >= 0.6 is 0 Å². The lowest BCUT2D eigenvalue weighted by Gasteiger charge is -2.13. The molecule has 0 bridgehead atoms. The second-order valence-electron chi connectivity index (χ2n) is 4.83. The van der Waals surface area contributed by atoms with Gasteiger partial charge in [-0.15, -0.1) is 0 Å². The largest absolute Gasteiger partial charge is 0.493 e. The van der Waals surface area contributed by atoms with Crippen molar-refractivity contribution in [3.8, 4) is 28.7 Å². The second-order valence-corrected chi connectivity index (χ2v) is 4.83. The van der Waals surface area contributed by atoms with Crippen molar-refractivity contribution in [2.75, 3.05) is 28.4 Å². The third-order valence-corrected chi connectivity index (χ3v) is 3.39. The van der Waals surface area contributed by atoms with E-state index >= 15 is 0 Å². The molecule has 0 saturated heterocycles. The highest BCUT2D eigenvalue weighted by Gasteiger charge is 2.16. The van der Waals surface area contributed by atoms with Crippen LogP contribution in [0.3, 0.4) is 0 Å². The highest BCUT2D eigenvalue weighted by molar-refractivity contribution is 5.77. The van der Waals surface area contributed by atoms with E-state index in [1.165, 1.54) is 14.2 Å². The minimum Gasteiger partial charge on any atom is -0.493 e. The quantitative estimate of drug-likeness (QED) is 0.574. The van der Waals surface area contributed by atoms with Crippen LogP contribution in [0.5, 0.6) is 28.7 Å². The zero-order valence-electron chi connectivity index (χ0n) is 14.1. The van der Waals surface area contributed by atoms with Crippen molar-refractivity contribution in [2.45, 2.75) is 6.42 Å². The van der Waals surface area contributed by atoms with Gasteiger partial charge in [0.2, 0.25) is 5.75 Å². The van der Waals surface area contributed by atoms with E-state index in [4.69, 9.17) is 23.7 Å². The summed E-state index contributed by atoms with van der Waals surface area (Å²) in [6.07, 6.45) is 0.0710. The molecule has 0 atom stereocenters. The fourth-order valence-corrected chi connectivity index (χ4v) is 2.22. The lowest BCUT2D eigenvalue weighted by Crippen LogP contribution is -2.12. The molecule has 6 nitrogen and oxygen atoms in total. The molecule has 0 saturated carbocycles. The van der Waals surface area contributed by atoms with Crippen LogP contribution in [0, 0.1) is 0 Å². The van der Waals surface area contributed by atoms with Gasteiger partial charge in [-0.25, -0.2) is 0 Å². The van der Waals surface area contributed by atoms with Crippen molar-refractivity contribution in [1.29, 1.82) is 0 Å². The molecule has 128 valence electrons. The normalized spacial score (nSPS) is 10.0. The molecular weight excluding hydrogens is 312 g/mol. The molecule has 0 aliphatic rings. The van der Waals surface area contributed by atoms with Gasteiger partial charge in [-0.3, -0.25) is 4.79 Å². The molecule has 2 aromatic rings. The van der Waals surface area contributed by atoms with E-state index in [9.17, 15) is 4.79 Å². The number of esters is 1. The Bertz CT molecular complexity index is 688. The Morgan fingerprint density at radius 1 is 0.792 bits per heavy atom. The van der Waals surface area contributed by atoms with Gasteiger partial charge in [0, 0.05) is 0 Å². The Kier molecular flexibility index (Phi) is 5.89. The molecule has 0 N–H and O–H groups in total. The van der Waals surface area contributed by atoms with E-state index in [0.29, 0.717) is 23.0 Å². The number of methoxy groups -OCH3 is 4. The summed E-state index contributed by atoms with van der Waals surface area (Å²) in [5.74, 6) is 1.82. The number of hydrogen-bond donors (Lipinski definition) is 0. The molecule has 0 aromatic heterocycles. The maximum atomic E-state index is 12.3. The van der Waals surface area contributed by atoms with Crippen LogP contribution in [0.4, 0.5) is 0 Å². The Morgan fingerprint density at radius 3 is 1.92 bits per heavy atom. The second kappa shape index (κ2) is 8.10. The van der Waals surface area contributed by atoms with Crippen molar-refractivity contribution in [3.05, 3.63) is 42.0 Å². The van der Waals surface area contributed by atoms with Gasteiger partial charge in [-0.2, -0.15) is 0 Å². The predicted molar refractivity (Wildman–Crippen MR) is 88.4 cm³/mol. The van der Waals surface area contributed by atoms with Crippen LogP contribution in [0.1, 0.15) is 5.56 Å². The third kappa shape index (κ3) is 3.90. The van der Waals surface area contributed by atoms with Crippen LogP contribution in [0.2, 0.25) is 0 Å². The monoisotopic (exact) mass is 332 g/mol. The smallest absolute Gasteiger partial charge is 0.315 e. The van der Waals surface area contributed by atoms with Crippen LogP contribution in [-0.2, 0) is 11.2 Å². The van der Waals surface area contributed by atoms with Crippen molar-refractivity contribution >= 4 is 5.97 Å². The average molecular weight is 332 g/mol. The summed E-state index contributed by atoms with van der Waals surface area (Å²) in [7, 11) is 6.10. The van der Waals surface area contributed by atoms with Gasteiger partial charge >= 0.3 is 5.97 Å². The minimum atomic E-state index is -0.440. The van der Waals surface area contributed by atoms with Crippen LogP contribution in [0.15, 0.2) is 36.4 Å². The molecule has 24 heavy (non-hydrogen) atoms. The molecule has 0 heterocycles. The molecular formula is C18H20O6. The van der Waals surface area contributed by atoms with E-state index in [-0.39, 0.29) is 12.2 Å². The molecule has 0 aliphatic carbocycles. The number of carbonyl (C=O) groups is 1. The van der Waals surface area contributed by atoms with Crippen LogP contribution in [0.25, 0.3) is 0 Å². The van der Waals surface area contributed by atoms with Gasteiger partial charge in [0.15, 0.2) is 23.0 Å². The van der Waals surface area contributed by atoms with Gasteiger partial charge in [-0.1, -0.05) is 12.1 Å². The number of ether oxygens (including phenoxy) is 5. The van der Waals surface area contributed by atoms with E-state index in [0.717, 1.165) is 5.56 Å². The molecule has 0 unspecified atom stereocenters. The fraction of sp³-hybridized carbons (Fsp3) is 0.278. The first-order valence-corrected chi connectivity index (χ1v) is 7.25. The highest BCUT2D eigenvalue weighted by Crippen LogP contribution is 2.37. The summed E-state index contributed by atoms with van der Waals surface area (Å²) >= 11 is 0. The summed E-state index contributed by atoms with van der Waals surface area (Å²) in [5.41, 5.74) is 0.742. The Morgan fingerprint density at radius 2 is 1.38 bits per heavy atom. The molecule has 2 aromatic carbocycles. The molecule has 0 amide bonds. The number of carbonyl (C=O) groups excluding carboxylic acids is 1. The molecule has 0 aliphatic heterocycles. The molecule has 2 rings (SSSR count). The first-order valence-electron chi connectivity index (χ1n) is 7.25. The van der Waals surface area contributed by atoms with Crippen LogP contribution in [-0.4, -0.2) is 34.4 Å². The fourth-order valence-electron chi connectivity index (χ4n) is 2.22. The molecule has 6 heteroatoms. The highest BCUT2D eigenvalue weighted by atomic mass is 16.6. The predicted octanol–water partition coefficient (Wildman–Crippen LogP) is 2.87. The molecule has 0 spiro atoms. The van der Waals surface area contributed by atoms with E-state index in [1.807, 2.05) is 0 Å². The Balaban J connectivity index is 2.17. The summed E-state index contributed by atoms with van der Waals surface area (Å²) in [6, 6.07) is 10.4. The first-order chi connectivity index (χ1) is 11.6. The van der Waals surface area contributed by atoms with Gasteiger partial charge in [-0.05, 0) is 29.8 Å². The maximum Gasteiger partial charge on any atom is 0.315 e. The van der Waals surface area contributed by atoms with Gasteiger partial charge < -0.3 is 23.7 Å². The molecule has 0 radical (unpaired) electrons.